The Morgan fingerprint density at radius 3 is 2.70 bits per heavy atom. The smallest absolute Gasteiger partial charge is 0.191 e. The van der Waals surface area contributed by atoms with Crippen LogP contribution in [0, 0.1) is 6.92 Å². The Balaban J connectivity index is 1.77. The second-order valence-electron chi connectivity index (χ2n) is 6.30. The summed E-state index contributed by atoms with van der Waals surface area (Å²) in [5.41, 5.74) is 1.19. The summed E-state index contributed by atoms with van der Waals surface area (Å²) in [5.74, 6) is 0.935. The Morgan fingerprint density at radius 2 is 2.09 bits per heavy atom. The number of aromatic nitrogens is 2. The molecule has 2 heterocycles. The van der Waals surface area contributed by atoms with Crippen molar-refractivity contribution < 1.29 is 0 Å². The van der Waals surface area contributed by atoms with Crippen molar-refractivity contribution in [3.05, 3.63) is 18.0 Å². The highest BCUT2D eigenvalue weighted by molar-refractivity contribution is 5.80. The van der Waals surface area contributed by atoms with Crippen LogP contribution in [0.4, 0.5) is 0 Å². The zero-order valence-electron chi connectivity index (χ0n) is 14.9. The normalized spacial score (nSPS) is 17.4. The number of nitrogens with one attached hydrogen (secondary N) is 2. The zero-order valence-corrected chi connectivity index (χ0v) is 14.9. The molecule has 6 heteroatoms. The number of guanidine groups is 1. The standard InChI is InChI=1S/C17H32N6/c1-4-9-22-10-6-16(7-11-22)21-17(18-5-2)19-8-12-23-14-15(3)13-20-23/h13-14,16H,4-12H2,1-3H3,(H2,18,19,21). The van der Waals surface area contributed by atoms with Crippen molar-refractivity contribution in [3.63, 3.8) is 0 Å². The average molecular weight is 320 g/mol. The summed E-state index contributed by atoms with van der Waals surface area (Å²) in [7, 11) is 0. The average Bonchev–Trinajstić information content (AvgIpc) is 2.95. The first kappa shape index (κ1) is 17.8. The SMILES string of the molecule is CCCN1CCC(NC(=NCCn2cc(C)cn2)NCC)CC1. The lowest BCUT2D eigenvalue weighted by Crippen LogP contribution is -2.48. The van der Waals surface area contributed by atoms with Crippen LogP contribution in [0.3, 0.4) is 0 Å². The molecule has 0 amide bonds. The quantitative estimate of drug-likeness (QED) is 0.592. The van der Waals surface area contributed by atoms with Gasteiger partial charge >= 0.3 is 0 Å². The highest BCUT2D eigenvalue weighted by atomic mass is 15.3. The molecule has 130 valence electrons. The van der Waals surface area contributed by atoms with Crippen LogP contribution in [-0.2, 0) is 6.54 Å². The summed E-state index contributed by atoms with van der Waals surface area (Å²) in [6.07, 6.45) is 7.58. The summed E-state index contributed by atoms with van der Waals surface area (Å²) >= 11 is 0. The second-order valence-corrected chi connectivity index (χ2v) is 6.30. The molecular weight excluding hydrogens is 288 g/mol. The number of hydrogen-bond donors (Lipinski definition) is 2. The topological polar surface area (TPSA) is 57.5 Å². The minimum Gasteiger partial charge on any atom is -0.357 e. The lowest BCUT2D eigenvalue weighted by atomic mass is 10.1. The highest BCUT2D eigenvalue weighted by Gasteiger charge is 2.19. The van der Waals surface area contributed by atoms with E-state index in [4.69, 9.17) is 0 Å². The van der Waals surface area contributed by atoms with Crippen LogP contribution in [0.2, 0.25) is 0 Å². The number of aryl methyl sites for hydroxylation is 1. The number of piperidine rings is 1. The van der Waals surface area contributed by atoms with E-state index in [1.165, 1.54) is 44.5 Å². The van der Waals surface area contributed by atoms with E-state index < -0.39 is 0 Å². The summed E-state index contributed by atoms with van der Waals surface area (Å²) in [5, 5.41) is 11.2. The van der Waals surface area contributed by atoms with E-state index in [0.29, 0.717) is 6.04 Å². The predicted molar refractivity (Wildman–Crippen MR) is 95.8 cm³/mol. The van der Waals surface area contributed by atoms with Crippen LogP contribution in [0.15, 0.2) is 17.4 Å². The molecule has 1 aliphatic heterocycles. The van der Waals surface area contributed by atoms with Gasteiger partial charge in [0, 0.05) is 31.9 Å². The minimum absolute atomic E-state index is 0.535. The molecule has 6 nitrogen and oxygen atoms in total. The molecule has 0 aliphatic carbocycles. The molecule has 2 rings (SSSR count). The Labute approximate surface area is 140 Å². The van der Waals surface area contributed by atoms with Gasteiger partial charge in [-0.1, -0.05) is 6.92 Å². The highest BCUT2D eigenvalue weighted by Crippen LogP contribution is 2.10. The maximum Gasteiger partial charge on any atom is 0.191 e. The van der Waals surface area contributed by atoms with Crippen molar-refractivity contribution in [3.8, 4) is 0 Å². The molecule has 1 aliphatic rings. The van der Waals surface area contributed by atoms with Crippen molar-refractivity contribution in [1.82, 2.24) is 25.3 Å². The van der Waals surface area contributed by atoms with Gasteiger partial charge in [-0.3, -0.25) is 9.67 Å². The lowest BCUT2D eigenvalue weighted by molar-refractivity contribution is 0.206. The van der Waals surface area contributed by atoms with E-state index >= 15 is 0 Å². The van der Waals surface area contributed by atoms with Gasteiger partial charge in [0.15, 0.2) is 5.96 Å². The Kier molecular flexibility index (Phi) is 7.39. The number of aliphatic imine (C=N–C) groups is 1. The Hall–Kier alpha value is -1.56. The monoisotopic (exact) mass is 320 g/mol. The van der Waals surface area contributed by atoms with Gasteiger partial charge in [0.25, 0.3) is 0 Å². The van der Waals surface area contributed by atoms with E-state index in [9.17, 15) is 0 Å². The first-order valence-corrected chi connectivity index (χ1v) is 8.97. The van der Waals surface area contributed by atoms with Crippen LogP contribution >= 0.6 is 0 Å². The molecule has 0 bridgehead atoms. The first-order valence-electron chi connectivity index (χ1n) is 8.97. The number of likely N-dealkylation sites (tertiary alicyclic amines) is 1. The van der Waals surface area contributed by atoms with Gasteiger partial charge in [-0.15, -0.1) is 0 Å². The van der Waals surface area contributed by atoms with Gasteiger partial charge in [0.2, 0.25) is 0 Å². The van der Waals surface area contributed by atoms with E-state index in [-0.39, 0.29) is 0 Å². The number of hydrogen-bond acceptors (Lipinski definition) is 3. The molecule has 1 aromatic rings. The molecule has 0 spiro atoms. The van der Waals surface area contributed by atoms with Crippen molar-refractivity contribution >= 4 is 5.96 Å². The molecule has 0 saturated carbocycles. The first-order chi connectivity index (χ1) is 11.2. The zero-order chi connectivity index (χ0) is 16.5. The fourth-order valence-electron chi connectivity index (χ4n) is 2.98. The predicted octanol–water partition coefficient (Wildman–Crippen LogP) is 1.62. The van der Waals surface area contributed by atoms with Gasteiger partial charge in [-0.2, -0.15) is 5.10 Å². The molecule has 0 atom stereocenters. The van der Waals surface area contributed by atoms with Crippen LogP contribution in [0.25, 0.3) is 0 Å². The largest absolute Gasteiger partial charge is 0.357 e. The summed E-state index contributed by atoms with van der Waals surface area (Å²) in [6, 6.07) is 0.535. The summed E-state index contributed by atoms with van der Waals surface area (Å²) in [6.45, 7) is 12.5. The molecule has 0 radical (unpaired) electrons. The van der Waals surface area contributed by atoms with Crippen molar-refractivity contribution in [2.75, 3.05) is 32.7 Å². The van der Waals surface area contributed by atoms with E-state index in [1.54, 1.807) is 0 Å². The maximum absolute atomic E-state index is 4.69. The van der Waals surface area contributed by atoms with Crippen molar-refractivity contribution in [1.29, 1.82) is 0 Å². The van der Waals surface area contributed by atoms with Gasteiger partial charge < -0.3 is 15.5 Å². The molecule has 1 fully saturated rings. The van der Waals surface area contributed by atoms with Gasteiger partial charge in [0.1, 0.15) is 0 Å². The number of rotatable bonds is 7. The molecule has 23 heavy (non-hydrogen) atoms. The summed E-state index contributed by atoms with van der Waals surface area (Å²) in [4.78, 5) is 7.25. The van der Waals surface area contributed by atoms with Crippen molar-refractivity contribution in [2.24, 2.45) is 4.99 Å². The molecule has 1 aromatic heterocycles. The van der Waals surface area contributed by atoms with Crippen LogP contribution < -0.4 is 10.6 Å². The third kappa shape index (κ3) is 6.22. The van der Waals surface area contributed by atoms with E-state index in [1.807, 2.05) is 10.9 Å². The molecule has 2 N–H and O–H groups in total. The van der Waals surface area contributed by atoms with Crippen molar-refractivity contribution in [2.45, 2.75) is 52.6 Å². The van der Waals surface area contributed by atoms with Gasteiger partial charge in [-0.25, -0.2) is 0 Å². The maximum atomic E-state index is 4.69. The third-order valence-electron chi connectivity index (χ3n) is 4.17. The molecule has 1 saturated heterocycles. The van der Waals surface area contributed by atoms with E-state index in [2.05, 4.69) is 52.6 Å². The Bertz CT molecular complexity index is 473. The Morgan fingerprint density at radius 1 is 1.30 bits per heavy atom. The third-order valence-corrected chi connectivity index (χ3v) is 4.17. The fraction of sp³-hybridized carbons (Fsp3) is 0.765. The van der Waals surface area contributed by atoms with E-state index in [0.717, 1.165) is 25.6 Å². The van der Waals surface area contributed by atoms with Gasteiger partial charge in [-0.05, 0) is 45.2 Å². The van der Waals surface area contributed by atoms with Crippen LogP contribution in [-0.4, -0.2) is 59.4 Å². The van der Waals surface area contributed by atoms with Gasteiger partial charge in [0.05, 0.1) is 19.3 Å². The van der Waals surface area contributed by atoms with Crippen LogP contribution in [0.5, 0.6) is 0 Å². The molecule has 0 unspecified atom stereocenters. The second kappa shape index (κ2) is 9.55. The summed E-state index contributed by atoms with van der Waals surface area (Å²) < 4.78 is 1.95. The minimum atomic E-state index is 0.535. The van der Waals surface area contributed by atoms with Crippen LogP contribution in [0.1, 0.15) is 38.7 Å². The number of nitrogens with zero attached hydrogens (tertiary/aromatic N) is 4. The molecule has 0 aromatic carbocycles. The molecular formula is C17H32N6. The lowest BCUT2D eigenvalue weighted by Gasteiger charge is -2.32. The fourth-order valence-corrected chi connectivity index (χ4v) is 2.98.